The molecule has 3 aromatic rings. The van der Waals surface area contributed by atoms with E-state index in [0.717, 1.165) is 11.4 Å². The SMILES string of the molecule is COc1ccc(NC(=O)[C@H](C)OC(=O)c2ccc(-n3nccc3C)cc2)cc1. The Hall–Kier alpha value is -3.61. The highest BCUT2D eigenvalue weighted by atomic mass is 16.5. The van der Waals surface area contributed by atoms with Crippen molar-refractivity contribution < 1.29 is 19.1 Å². The number of carbonyl (C=O) groups is 2. The van der Waals surface area contributed by atoms with Crippen molar-refractivity contribution in [3.8, 4) is 11.4 Å². The summed E-state index contributed by atoms with van der Waals surface area (Å²) in [6.07, 6.45) is 0.767. The lowest BCUT2D eigenvalue weighted by Gasteiger charge is -2.14. The Kier molecular flexibility index (Phi) is 5.74. The van der Waals surface area contributed by atoms with Gasteiger partial charge in [-0.25, -0.2) is 9.48 Å². The van der Waals surface area contributed by atoms with Crippen LogP contribution in [-0.4, -0.2) is 34.9 Å². The van der Waals surface area contributed by atoms with Crippen LogP contribution in [0.3, 0.4) is 0 Å². The maximum Gasteiger partial charge on any atom is 0.338 e. The standard InChI is InChI=1S/C21H21N3O4/c1-14-12-13-22-24(14)18-8-4-16(5-9-18)21(26)28-15(2)20(25)23-17-6-10-19(27-3)11-7-17/h4-13,15H,1-3H3,(H,23,25)/t15-/m0/s1. The van der Waals surface area contributed by atoms with Gasteiger partial charge in [-0.05, 0) is 68.4 Å². The molecule has 0 aliphatic carbocycles. The molecular formula is C21H21N3O4. The van der Waals surface area contributed by atoms with E-state index in [0.29, 0.717) is 17.0 Å². The van der Waals surface area contributed by atoms with E-state index in [1.165, 1.54) is 6.92 Å². The summed E-state index contributed by atoms with van der Waals surface area (Å²) in [4.78, 5) is 24.6. The first-order valence-electron chi connectivity index (χ1n) is 8.75. The van der Waals surface area contributed by atoms with E-state index in [9.17, 15) is 9.59 Å². The molecule has 0 aliphatic heterocycles. The van der Waals surface area contributed by atoms with E-state index in [2.05, 4.69) is 10.4 Å². The van der Waals surface area contributed by atoms with E-state index < -0.39 is 18.0 Å². The second-order valence-electron chi connectivity index (χ2n) is 6.20. The molecule has 0 radical (unpaired) electrons. The number of nitrogens with zero attached hydrogens (tertiary/aromatic N) is 2. The maximum absolute atomic E-state index is 12.3. The van der Waals surface area contributed by atoms with Gasteiger partial charge in [-0.2, -0.15) is 5.10 Å². The topological polar surface area (TPSA) is 82.5 Å². The van der Waals surface area contributed by atoms with Gasteiger partial charge in [-0.15, -0.1) is 0 Å². The summed E-state index contributed by atoms with van der Waals surface area (Å²) in [5.74, 6) is -0.297. The third kappa shape index (κ3) is 4.37. The van der Waals surface area contributed by atoms with Crippen LogP contribution in [0, 0.1) is 6.92 Å². The molecule has 0 bridgehead atoms. The molecule has 0 saturated carbocycles. The van der Waals surface area contributed by atoms with Gasteiger partial charge in [0.2, 0.25) is 0 Å². The normalized spacial score (nSPS) is 11.5. The highest BCUT2D eigenvalue weighted by Crippen LogP contribution is 2.16. The van der Waals surface area contributed by atoms with Crippen LogP contribution in [-0.2, 0) is 9.53 Å². The van der Waals surface area contributed by atoms with Gasteiger partial charge in [-0.3, -0.25) is 4.79 Å². The van der Waals surface area contributed by atoms with Gasteiger partial charge in [0.1, 0.15) is 5.75 Å². The van der Waals surface area contributed by atoms with Gasteiger partial charge in [0.15, 0.2) is 6.10 Å². The molecule has 2 aromatic carbocycles. The smallest absolute Gasteiger partial charge is 0.338 e. The minimum Gasteiger partial charge on any atom is -0.497 e. The molecule has 1 atom stereocenters. The molecule has 0 fully saturated rings. The van der Waals surface area contributed by atoms with Gasteiger partial charge in [0.05, 0.1) is 18.4 Å². The van der Waals surface area contributed by atoms with Crippen molar-refractivity contribution in [3.63, 3.8) is 0 Å². The number of carbonyl (C=O) groups excluding carboxylic acids is 2. The number of nitrogens with one attached hydrogen (secondary N) is 1. The summed E-state index contributed by atoms with van der Waals surface area (Å²) >= 11 is 0. The summed E-state index contributed by atoms with van der Waals surface area (Å²) in [6.45, 7) is 3.47. The fourth-order valence-electron chi connectivity index (χ4n) is 2.58. The van der Waals surface area contributed by atoms with Crippen LogP contribution < -0.4 is 10.1 Å². The lowest BCUT2D eigenvalue weighted by molar-refractivity contribution is -0.123. The predicted octanol–water partition coefficient (Wildman–Crippen LogP) is 3.37. The second-order valence-corrected chi connectivity index (χ2v) is 6.20. The quantitative estimate of drug-likeness (QED) is 0.664. The third-order valence-corrected chi connectivity index (χ3v) is 4.19. The molecule has 3 rings (SSSR count). The lowest BCUT2D eigenvalue weighted by atomic mass is 10.2. The summed E-state index contributed by atoms with van der Waals surface area (Å²) < 4.78 is 12.1. The zero-order chi connectivity index (χ0) is 20.1. The fraction of sp³-hybridized carbons (Fsp3) is 0.190. The Morgan fingerprint density at radius 2 is 1.71 bits per heavy atom. The van der Waals surface area contributed by atoms with Crippen molar-refractivity contribution in [3.05, 3.63) is 72.1 Å². The first-order valence-corrected chi connectivity index (χ1v) is 8.75. The first kappa shape index (κ1) is 19.2. The van der Waals surface area contributed by atoms with E-state index in [1.54, 1.807) is 66.5 Å². The van der Waals surface area contributed by atoms with Crippen LogP contribution in [0.15, 0.2) is 60.8 Å². The number of ether oxygens (including phenoxy) is 2. The van der Waals surface area contributed by atoms with E-state index >= 15 is 0 Å². The second kappa shape index (κ2) is 8.39. The van der Waals surface area contributed by atoms with Crippen LogP contribution in [0.1, 0.15) is 23.0 Å². The minimum atomic E-state index is -0.942. The van der Waals surface area contributed by atoms with Gasteiger partial charge in [0.25, 0.3) is 5.91 Å². The molecule has 1 N–H and O–H groups in total. The number of methoxy groups -OCH3 is 1. The molecular weight excluding hydrogens is 358 g/mol. The average molecular weight is 379 g/mol. The highest BCUT2D eigenvalue weighted by Gasteiger charge is 2.19. The molecule has 7 nitrogen and oxygen atoms in total. The number of benzene rings is 2. The summed E-state index contributed by atoms with van der Waals surface area (Å²) in [5, 5.41) is 6.92. The molecule has 0 aliphatic rings. The largest absolute Gasteiger partial charge is 0.497 e. The number of rotatable bonds is 6. The molecule has 28 heavy (non-hydrogen) atoms. The Morgan fingerprint density at radius 3 is 2.29 bits per heavy atom. The number of amides is 1. The Labute approximate surface area is 162 Å². The van der Waals surface area contributed by atoms with Gasteiger partial charge < -0.3 is 14.8 Å². The molecule has 0 saturated heterocycles. The molecule has 7 heteroatoms. The molecule has 1 aromatic heterocycles. The number of aryl methyl sites for hydroxylation is 1. The zero-order valence-electron chi connectivity index (χ0n) is 15.9. The van der Waals surface area contributed by atoms with Crippen LogP contribution >= 0.6 is 0 Å². The average Bonchev–Trinajstić information content (AvgIpc) is 3.14. The van der Waals surface area contributed by atoms with E-state index in [1.807, 2.05) is 13.0 Å². The molecule has 1 amide bonds. The molecule has 144 valence electrons. The van der Waals surface area contributed by atoms with Crippen LogP contribution in [0.2, 0.25) is 0 Å². The number of anilines is 1. The molecule has 1 heterocycles. The van der Waals surface area contributed by atoms with Crippen LogP contribution in [0.25, 0.3) is 5.69 Å². The summed E-state index contributed by atoms with van der Waals surface area (Å²) in [7, 11) is 1.57. The maximum atomic E-state index is 12.3. The third-order valence-electron chi connectivity index (χ3n) is 4.19. The zero-order valence-corrected chi connectivity index (χ0v) is 15.9. The van der Waals surface area contributed by atoms with Crippen molar-refractivity contribution >= 4 is 17.6 Å². The van der Waals surface area contributed by atoms with Crippen molar-refractivity contribution in [2.24, 2.45) is 0 Å². The van der Waals surface area contributed by atoms with Gasteiger partial charge in [0, 0.05) is 17.6 Å². The highest BCUT2D eigenvalue weighted by molar-refractivity contribution is 5.97. The van der Waals surface area contributed by atoms with Crippen molar-refractivity contribution in [2.75, 3.05) is 12.4 Å². The monoisotopic (exact) mass is 379 g/mol. The number of aromatic nitrogens is 2. The predicted molar refractivity (Wildman–Crippen MR) is 105 cm³/mol. The number of hydrogen-bond donors (Lipinski definition) is 1. The number of esters is 1. The Bertz CT molecular complexity index is 962. The summed E-state index contributed by atoms with van der Waals surface area (Å²) in [5.41, 5.74) is 2.77. The minimum absolute atomic E-state index is 0.359. The Balaban J connectivity index is 1.60. The van der Waals surface area contributed by atoms with E-state index in [-0.39, 0.29) is 0 Å². The number of hydrogen-bond acceptors (Lipinski definition) is 5. The van der Waals surface area contributed by atoms with Crippen LogP contribution in [0.5, 0.6) is 5.75 Å². The van der Waals surface area contributed by atoms with Crippen LogP contribution in [0.4, 0.5) is 5.69 Å². The molecule has 0 spiro atoms. The lowest BCUT2D eigenvalue weighted by Crippen LogP contribution is -2.30. The van der Waals surface area contributed by atoms with Gasteiger partial charge >= 0.3 is 5.97 Å². The summed E-state index contributed by atoms with van der Waals surface area (Å²) in [6, 6.07) is 15.6. The van der Waals surface area contributed by atoms with E-state index in [4.69, 9.17) is 9.47 Å². The van der Waals surface area contributed by atoms with Crippen molar-refractivity contribution in [2.45, 2.75) is 20.0 Å². The fourth-order valence-corrected chi connectivity index (χ4v) is 2.58. The molecule has 0 unspecified atom stereocenters. The first-order chi connectivity index (χ1) is 13.5. The Morgan fingerprint density at radius 1 is 1.04 bits per heavy atom. The van der Waals surface area contributed by atoms with Crippen molar-refractivity contribution in [1.82, 2.24) is 9.78 Å². The van der Waals surface area contributed by atoms with Gasteiger partial charge in [-0.1, -0.05) is 0 Å². The van der Waals surface area contributed by atoms with Crippen molar-refractivity contribution in [1.29, 1.82) is 0 Å².